The number of hydrogen-bond donors (Lipinski definition) is 1. The number of fused-ring (bicyclic) bond motifs is 1. The summed E-state index contributed by atoms with van der Waals surface area (Å²) >= 11 is 0. The third kappa shape index (κ3) is 3.83. The number of benzene rings is 1. The summed E-state index contributed by atoms with van der Waals surface area (Å²) in [5.41, 5.74) is 7.97. The Hall–Kier alpha value is -2.80. The summed E-state index contributed by atoms with van der Waals surface area (Å²) in [6, 6.07) is 8.26. The second-order valence-electron chi connectivity index (χ2n) is 6.92. The highest BCUT2D eigenvalue weighted by Crippen LogP contribution is 2.25. The number of nitrogens with zero attached hydrogens (tertiary/aromatic N) is 5. The molecule has 1 aromatic carbocycles. The van der Waals surface area contributed by atoms with E-state index in [1.807, 2.05) is 6.07 Å². The fourth-order valence-electron chi connectivity index (χ4n) is 3.74. The van der Waals surface area contributed by atoms with Gasteiger partial charge in [0.2, 0.25) is 0 Å². The van der Waals surface area contributed by atoms with Gasteiger partial charge in [-0.05, 0) is 36.6 Å². The topological polar surface area (TPSA) is 72.4 Å². The van der Waals surface area contributed by atoms with E-state index in [0.29, 0.717) is 0 Å². The van der Waals surface area contributed by atoms with Crippen LogP contribution in [0.2, 0.25) is 0 Å². The maximum absolute atomic E-state index is 5.94. The molecule has 0 bridgehead atoms. The number of ether oxygens (including phenoxy) is 1. The maximum atomic E-state index is 5.94. The molecule has 1 saturated heterocycles. The molecule has 3 heterocycles. The lowest BCUT2D eigenvalue weighted by atomic mass is 10.2. The predicted molar refractivity (Wildman–Crippen MR) is 108 cm³/mol. The van der Waals surface area contributed by atoms with Crippen molar-refractivity contribution in [1.29, 1.82) is 0 Å². The Morgan fingerprint density at radius 3 is 2.78 bits per heavy atom. The van der Waals surface area contributed by atoms with E-state index in [-0.39, 0.29) is 0 Å². The zero-order chi connectivity index (χ0) is 18.6. The van der Waals surface area contributed by atoms with Gasteiger partial charge in [-0.2, -0.15) is 0 Å². The van der Waals surface area contributed by atoms with Crippen LogP contribution in [0.5, 0.6) is 5.75 Å². The molecule has 0 radical (unpaired) electrons. The molecule has 2 aromatic heterocycles. The minimum absolute atomic E-state index is 0.740. The number of hydrogen-bond acceptors (Lipinski definition) is 6. The summed E-state index contributed by atoms with van der Waals surface area (Å²) in [7, 11) is 1.66. The van der Waals surface area contributed by atoms with Gasteiger partial charge in [-0.25, -0.2) is 9.97 Å². The van der Waals surface area contributed by atoms with E-state index in [4.69, 9.17) is 10.5 Å². The predicted octanol–water partition coefficient (Wildman–Crippen LogP) is 2.23. The van der Waals surface area contributed by atoms with Crippen molar-refractivity contribution in [3.8, 4) is 5.75 Å². The highest BCUT2D eigenvalue weighted by molar-refractivity contribution is 5.83. The van der Waals surface area contributed by atoms with Crippen molar-refractivity contribution in [1.82, 2.24) is 19.4 Å². The van der Waals surface area contributed by atoms with E-state index in [0.717, 1.165) is 62.9 Å². The first-order chi connectivity index (χ1) is 13.2. The minimum atomic E-state index is 0.740. The molecule has 7 nitrogen and oxygen atoms in total. The van der Waals surface area contributed by atoms with Gasteiger partial charge in [0.25, 0.3) is 0 Å². The zero-order valence-electron chi connectivity index (χ0n) is 15.7. The van der Waals surface area contributed by atoms with Crippen molar-refractivity contribution in [3.05, 3.63) is 43.0 Å². The molecule has 1 aliphatic heterocycles. The van der Waals surface area contributed by atoms with Gasteiger partial charge in [0.15, 0.2) is 11.6 Å². The second kappa shape index (κ2) is 7.84. The summed E-state index contributed by atoms with van der Waals surface area (Å²) in [6.07, 6.45) is 6.58. The molecule has 1 fully saturated rings. The van der Waals surface area contributed by atoms with E-state index in [2.05, 4.69) is 48.7 Å². The van der Waals surface area contributed by atoms with Crippen LogP contribution >= 0.6 is 0 Å². The Labute approximate surface area is 159 Å². The van der Waals surface area contributed by atoms with Gasteiger partial charge in [0, 0.05) is 44.6 Å². The molecule has 142 valence electrons. The van der Waals surface area contributed by atoms with Gasteiger partial charge in [-0.15, -0.1) is 0 Å². The van der Waals surface area contributed by atoms with Gasteiger partial charge in [-0.1, -0.05) is 6.07 Å². The molecule has 0 unspecified atom stereocenters. The fourth-order valence-corrected chi connectivity index (χ4v) is 3.74. The Kier molecular flexibility index (Phi) is 5.11. The molecule has 27 heavy (non-hydrogen) atoms. The van der Waals surface area contributed by atoms with Crippen LogP contribution in [0.15, 0.2) is 43.0 Å². The lowest BCUT2D eigenvalue weighted by Crippen LogP contribution is -2.47. The smallest absolute Gasteiger partial charge is 0.179 e. The van der Waals surface area contributed by atoms with Crippen molar-refractivity contribution in [2.24, 2.45) is 0 Å². The molecular formula is C20H26N6O. The average Bonchev–Trinajstić information content (AvgIpc) is 3.10. The average molecular weight is 366 g/mol. The molecule has 0 saturated carbocycles. The molecule has 7 heteroatoms. The summed E-state index contributed by atoms with van der Waals surface area (Å²) in [4.78, 5) is 13.2. The van der Waals surface area contributed by atoms with E-state index < -0.39 is 0 Å². The van der Waals surface area contributed by atoms with E-state index in [1.165, 1.54) is 10.9 Å². The van der Waals surface area contributed by atoms with Crippen molar-refractivity contribution in [3.63, 3.8) is 0 Å². The van der Waals surface area contributed by atoms with Crippen LogP contribution in [0.1, 0.15) is 6.42 Å². The van der Waals surface area contributed by atoms with E-state index >= 15 is 0 Å². The maximum Gasteiger partial charge on any atom is 0.179 e. The van der Waals surface area contributed by atoms with Crippen LogP contribution in [-0.4, -0.2) is 59.3 Å². The molecule has 4 rings (SSSR count). The Morgan fingerprint density at radius 1 is 1.11 bits per heavy atom. The monoisotopic (exact) mass is 366 g/mol. The second-order valence-corrected chi connectivity index (χ2v) is 6.92. The first-order valence-electron chi connectivity index (χ1n) is 9.40. The Bertz CT molecular complexity index is 900. The zero-order valence-corrected chi connectivity index (χ0v) is 15.7. The molecular weight excluding hydrogens is 340 g/mol. The Morgan fingerprint density at radius 2 is 1.96 bits per heavy atom. The number of anilines is 2. The summed E-state index contributed by atoms with van der Waals surface area (Å²) in [5.74, 6) is 1.63. The SMILES string of the molecule is COc1cncnc1N1CCN(CCCn2ccc3ccc(N)cc32)CC1. The van der Waals surface area contributed by atoms with E-state index in [1.54, 1.807) is 19.6 Å². The normalized spacial score (nSPS) is 15.4. The van der Waals surface area contributed by atoms with Crippen molar-refractivity contribution in [2.75, 3.05) is 50.5 Å². The molecule has 0 atom stereocenters. The molecule has 0 amide bonds. The first-order valence-corrected chi connectivity index (χ1v) is 9.40. The van der Waals surface area contributed by atoms with Crippen LogP contribution < -0.4 is 15.4 Å². The van der Waals surface area contributed by atoms with Crippen LogP contribution in [0, 0.1) is 0 Å². The van der Waals surface area contributed by atoms with Gasteiger partial charge >= 0.3 is 0 Å². The number of piperazine rings is 1. The number of nitrogens with two attached hydrogens (primary N) is 1. The molecule has 1 aliphatic rings. The highest BCUT2D eigenvalue weighted by atomic mass is 16.5. The fraction of sp³-hybridized carbons (Fsp3) is 0.400. The third-order valence-corrected chi connectivity index (χ3v) is 5.22. The summed E-state index contributed by atoms with van der Waals surface area (Å²) in [5, 5.41) is 1.25. The van der Waals surface area contributed by atoms with Gasteiger partial charge < -0.3 is 19.9 Å². The number of methoxy groups -OCH3 is 1. The number of nitrogen functional groups attached to an aromatic ring is 1. The van der Waals surface area contributed by atoms with Gasteiger partial charge in [0.1, 0.15) is 6.33 Å². The highest BCUT2D eigenvalue weighted by Gasteiger charge is 2.20. The number of rotatable bonds is 6. The number of aromatic nitrogens is 3. The Balaban J connectivity index is 1.29. The third-order valence-electron chi connectivity index (χ3n) is 5.22. The summed E-state index contributed by atoms with van der Waals surface area (Å²) < 4.78 is 7.68. The molecule has 3 aromatic rings. The molecule has 2 N–H and O–H groups in total. The first kappa shape index (κ1) is 17.6. The quantitative estimate of drug-likeness (QED) is 0.675. The van der Waals surface area contributed by atoms with Gasteiger partial charge in [0.05, 0.1) is 18.8 Å². The van der Waals surface area contributed by atoms with Crippen LogP contribution in [0.4, 0.5) is 11.5 Å². The minimum Gasteiger partial charge on any atom is -0.491 e. The van der Waals surface area contributed by atoms with Gasteiger partial charge in [-0.3, -0.25) is 4.90 Å². The van der Waals surface area contributed by atoms with Crippen LogP contribution in [0.25, 0.3) is 10.9 Å². The van der Waals surface area contributed by atoms with Crippen LogP contribution in [0.3, 0.4) is 0 Å². The largest absolute Gasteiger partial charge is 0.491 e. The number of aryl methyl sites for hydroxylation is 1. The van der Waals surface area contributed by atoms with Crippen molar-refractivity contribution in [2.45, 2.75) is 13.0 Å². The molecule has 0 aliphatic carbocycles. The van der Waals surface area contributed by atoms with E-state index in [9.17, 15) is 0 Å². The van der Waals surface area contributed by atoms with Crippen LogP contribution in [-0.2, 0) is 6.54 Å². The lowest BCUT2D eigenvalue weighted by molar-refractivity contribution is 0.249. The molecule has 0 spiro atoms. The van der Waals surface area contributed by atoms with Crippen molar-refractivity contribution >= 4 is 22.4 Å². The standard InChI is InChI=1S/C20H26N6O/c1-27-19-14-22-15-23-20(19)26-11-9-24(10-12-26)6-2-7-25-8-5-16-3-4-17(21)13-18(16)25/h3-5,8,13-15H,2,6-7,9-12,21H2,1H3. The lowest BCUT2D eigenvalue weighted by Gasteiger charge is -2.35. The summed E-state index contributed by atoms with van der Waals surface area (Å²) in [6.45, 7) is 6.08. The van der Waals surface area contributed by atoms with Crippen molar-refractivity contribution < 1.29 is 4.74 Å².